The number of piperidine rings is 1. The Hall–Kier alpha value is -2.73. The minimum absolute atomic E-state index is 0.0316. The van der Waals surface area contributed by atoms with Crippen LogP contribution in [0, 0.1) is 0 Å². The van der Waals surface area contributed by atoms with Crippen molar-refractivity contribution >= 4 is 33.5 Å². The molecule has 26 heavy (non-hydrogen) atoms. The van der Waals surface area contributed by atoms with Gasteiger partial charge < -0.3 is 9.64 Å². The molecule has 3 aromatic rings. The molecule has 1 aromatic carbocycles. The number of pyridine rings is 1. The van der Waals surface area contributed by atoms with Crippen LogP contribution in [0.5, 0.6) is 5.75 Å². The average molecular weight is 365 g/mol. The number of para-hydroxylation sites is 1. The van der Waals surface area contributed by atoms with Crippen LogP contribution in [0.4, 0.5) is 0 Å². The van der Waals surface area contributed by atoms with E-state index >= 15 is 0 Å². The van der Waals surface area contributed by atoms with Crippen molar-refractivity contribution < 1.29 is 9.53 Å². The van der Waals surface area contributed by atoms with Gasteiger partial charge in [0.25, 0.3) is 0 Å². The third-order valence-electron chi connectivity index (χ3n) is 4.37. The van der Waals surface area contributed by atoms with Crippen molar-refractivity contribution in [3.63, 3.8) is 0 Å². The topological polar surface area (TPSA) is 55.3 Å². The summed E-state index contributed by atoms with van der Waals surface area (Å²) >= 11 is 1.59. The molecule has 1 amide bonds. The summed E-state index contributed by atoms with van der Waals surface area (Å²) in [7, 11) is 0. The number of carbonyl (C=O) groups is 1. The van der Waals surface area contributed by atoms with Crippen LogP contribution in [-0.4, -0.2) is 40.0 Å². The normalized spacial score (nSPS) is 15.6. The van der Waals surface area contributed by atoms with Gasteiger partial charge in [0.15, 0.2) is 0 Å². The number of rotatable bonds is 4. The zero-order valence-electron chi connectivity index (χ0n) is 14.2. The van der Waals surface area contributed by atoms with E-state index in [0.29, 0.717) is 13.1 Å². The van der Waals surface area contributed by atoms with Crippen LogP contribution in [-0.2, 0) is 4.79 Å². The molecular weight excluding hydrogens is 346 g/mol. The lowest BCUT2D eigenvalue weighted by atomic mass is 10.1. The number of likely N-dealkylation sites (tertiary alicyclic amines) is 1. The third-order valence-corrected chi connectivity index (χ3v) is 5.37. The molecule has 1 fully saturated rings. The quantitative estimate of drug-likeness (QED) is 0.661. The Morgan fingerprint density at radius 3 is 2.81 bits per heavy atom. The van der Waals surface area contributed by atoms with Crippen molar-refractivity contribution in [2.75, 3.05) is 13.1 Å². The molecule has 1 aliphatic heterocycles. The van der Waals surface area contributed by atoms with E-state index in [1.165, 1.54) is 0 Å². The van der Waals surface area contributed by atoms with Gasteiger partial charge in [0.05, 0.1) is 16.4 Å². The molecule has 132 valence electrons. The fourth-order valence-corrected chi connectivity index (χ4v) is 3.88. The first-order valence-electron chi connectivity index (χ1n) is 8.67. The molecule has 0 aliphatic carbocycles. The minimum atomic E-state index is 0.0316. The summed E-state index contributed by atoms with van der Waals surface area (Å²) in [5, 5.41) is 0.856. The SMILES string of the molecule is O=C(/C=C/c1nc2ccccc2s1)N1CCC(Oc2cccnc2)CC1. The van der Waals surface area contributed by atoms with Gasteiger partial charge in [0, 0.05) is 38.2 Å². The minimum Gasteiger partial charge on any atom is -0.489 e. The fraction of sp³-hybridized carbons (Fsp3) is 0.250. The first-order chi connectivity index (χ1) is 12.8. The molecule has 0 saturated carbocycles. The molecule has 4 rings (SSSR count). The molecule has 2 aromatic heterocycles. The lowest BCUT2D eigenvalue weighted by molar-refractivity contribution is -0.127. The van der Waals surface area contributed by atoms with Gasteiger partial charge in [0.1, 0.15) is 16.9 Å². The Kier molecular flexibility index (Phi) is 4.93. The molecule has 1 saturated heterocycles. The van der Waals surface area contributed by atoms with Crippen molar-refractivity contribution in [2.45, 2.75) is 18.9 Å². The van der Waals surface area contributed by atoms with Gasteiger partial charge >= 0.3 is 0 Å². The van der Waals surface area contributed by atoms with Gasteiger partial charge in [-0.15, -0.1) is 11.3 Å². The second-order valence-electron chi connectivity index (χ2n) is 6.18. The predicted octanol–water partition coefficient (Wildman–Crippen LogP) is 3.77. The smallest absolute Gasteiger partial charge is 0.246 e. The van der Waals surface area contributed by atoms with E-state index in [-0.39, 0.29) is 12.0 Å². The van der Waals surface area contributed by atoms with E-state index in [1.54, 1.807) is 29.8 Å². The number of hydrogen-bond donors (Lipinski definition) is 0. The number of hydrogen-bond acceptors (Lipinski definition) is 5. The van der Waals surface area contributed by atoms with E-state index in [0.717, 1.165) is 33.8 Å². The monoisotopic (exact) mass is 365 g/mol. The van der Waals surface area contributed by atoms with Crippen molar-refractivity contribution in [1.29, 1.82) is 0 Å². The van der Waals surface area contributed by atoms with Crippen LogP contribution >= 0.6 is 11.3 Å². The first kappa shape index (κ1) is 16.7. The molecule has 0 radical (unpaired) electrons. The standard InChI is InChI=1S/C20H19N3O2S/c24-20(8-7-19-22-17-5-1-2-6-18(17)26-19)23-12-9-15(10-13-23)25-16-4-3-11-21-14-16/h1-8,11,14-15H,9-10,12-13H2/b8-7+. The lowest BCUT2D eigenvalue weighted by Crippen LogP contribution is -2.41. The third kappa shape index (κ3) is 3.91. The maximum absolute atomic E-state index is 12.4. The summed E-state index contributed by atoms with van der Waals surface area (Å²) in [6.07, 6.45) is 8.68. The van der Waals surface area contributed by atoms with E-state index in [9.17, 15) is 4.79 Å². The van der Waals surface area contributed by atoms with Crippen molar-refractivity contribution in [3.8, 4) is 5.75 Å². The first-order valence-corrected chi connectivity index (χ1v) is 9.49. The van der Waals surface area contributed by atoms with Gasteiger partial charge in [-0.3, -0.25) is 9.78 Å². The Morgan fingerprint density at radius 2 is 2.04 bits per heavy atom. The highest BCUT2D eigenvalue weighted by molar-refractivity contribution is 7.19. The summed E-state index contributed by atoms with van der Waals surface area (Å²) in [5.41, 5.74) is 0.970. The molecule has 5 nitrogen and oxygen atoms in total. The summed E-state index contributed by atoms with van der Waals surface area (Å²) in [5.74, 6) is 0.817. The summed E-state index contributed by atoms with van der Waals surface area (Å²) < 4.78 is 7.05. The summed E-state index contributed by atoms with van der Waals surface area (Å²) in [6, 6.07) is 11.8. The van der Waals surface area contributed by atoms with E-state index in [4.69, 9.17) is 4.74 Å². The zero-order chi connectivity index (χ0) is 17.8. The second-order valence-corrected chi connectivity index (χ2v) is 7.25. The van der Waals surface area contributed by atoms with Gasteiger partial charge in [-0.25, -0.2) is 4.98 Å². The molecular formula is C20H19N3O2S. The van der Waals surface area contributed by atoms with Gasteiger partial charge in [0.2, 0.25) is 5.91 Å². The Labute approximate surface area is 156 Å². The van der Waals surface area contributed by atoms with Crippen LogP contribution < -0.4 is 4.74 Å². The highest BCUT2D eigenvalue weighted by atomic mass is 32.1. The molecule has 0 atom stereocenters. The van der Waals surface area contributed by atoms with E-state index in [1.807, 2.05) is 47.4 Å². The predicted molar refractivity (Wildman–Crippen MR) is 103 cm³/mol. The van der Waals surface area contributed by atoms with Crippen LogP contribution in [0.15, 0.2) is 54.9 Å². The molecule has 3 heterocycles. The van der Waals surface area contributed by atoms with E-state index < -0.39 is 0 Å². The van der Waals surface area contributed by atoms with Crippen molar-refractivity contribution in [3.05, 3.63) is 59.9 Å². The maximum atomic E-state index is 12.4. The fourth-order valence-electron chi connectivity index (χ4n) is 3.01. The molecule has 1 aliphatic rings. The number of fused-ring (bicyclic) bond motifs is 1. The summed E-state index contributed by atoms with van der Waals surface area (Å²) in [6.45, 7) is 1.40. The molecule has 0 unspecified atom stereocenters. The number of amides is 1. The second kappa shape index (κ2) is 7.66. The highest BCUT2D eigenvalue weighted by Crippen LogP contribution is 2.23. The largest absolute Gasteiger partial charge is 0.489 e. The van der Waals surface area contributed by atoms with Crippen LogP contribution in [0.1, 0.15) is 17.8 Å². The number of aromatic nitrogens is 2. The van der Waals surface area contributed by atoms with Crippen molar-refractivity contribution in [2.24, 2.45) is 0 Å². The van der Waals surface area contributed by atoms with E-state index in [2.05, 4.69) is 9.97 Å². The highest BCUT2D eigenvalue weighted by Gasteiger charge is 2.22. The number of thiazole rings is 1. The molecule has 0 spiro atoms. The Bertz CT molecular complexity index is 882. The summed E-state index contributed by atoms with van der Waals surface area (Å²) in [4.78, 5) is 22.9. The molecule has 0 N–H and O–H groups in total. The van der Waals surface area contributed by atoms with Gasteiger partial charge in [-0.1, -0.05) is 12.1 Å². The zero-order valence-corrected chi connectivity index (χ0v) is 15.1. The number of carbonyl (C=O) groups excluding carboxylic acids is 1. The van der Waals surface area contributed by atoms with Crippen molar-refractivity contribution in [1.82, 2.24) is 14.9 Å². The number of ether oxygens (including phenoxy) is 1. The molecule has 6 heteroatoms. The van der Waals surface area contributed by atoms with Gasteiger partial charge in [-0.2, -0.15) is 0 Å². The van der Waals surface area contributed by atoms with Crippen LogP contribution in [0.25, 0.3) is 16.3 Å². The van der Waals surface area contributed by atoms with Gasteiger partial charge in [-0.05, 0) is 30.3 Å². The van der Waals surface area contributed by atoms with Crippen LogP contribution in [0.3, 0.4) is 0 Å². The molecule has 0 bridgehead atoms. The Balaban J connectivity index is 1.32. The number of nitrogens with zero attached hydrogens (tertiary/aromatic N) is 3. The maximum Gasteiger partial charge on any atom is 0.246 e. The average Bonchev–Trinajstić information content (AvgIpc) is 3.10. The Morgan fingerprint density at radius 1 is 1.19 bits per heavy atom. The number of benzene rings is 1. The lowest BCUT2D eigenvalue weighted by Gasteiger charge is -2.31. The van der Waals surface area contributed by atoms with Crippen LogP contribution in [0.2, 0.25) is 0 Å².